The van der Waals surface area contributed by atoms with Crippen LogP contribution >= 0.6 is 31.9 Å². The third-order valence-electron chi connectivity index (χ3n) is 16.5. The maximum absolute atomic E-state index is 15.4. The molecular weight excluding hydrogens is 1200 g/mol. The van der Waals surface area contributed by atoms with Gasteiger partial charge in [-0.3, -0.25) is 9.13 Å². The molecule has 6 aromatic rings. The Morgan fingerprint density at radius 2 is 0.936 bits per heavy atom. The minimum absolute atomic E-state index is 0.00116. The van der Waals surface area contributed by atoms with Crippen LogP contribution in [0.4, 0.5) is 17.6 Å². The maximum Gasteiger partial charge on any atom is 0.187 e. The number of fused-ring (bicyclic) bond motifs is 6. The summed E-state index contributed by atoms with van der Waals surface area (Å²) in [6.45, 7) is 36.2. The van der Waals surface area contributed by atoms with E-state index < -0.39 is 55.6 Å². The highest BCUT2D eigenvalue weighted by Gasteiger charge is 2.55. The minimum atomic E-state index is -1.31. The van der Waals surface area contributed by atoms with E-state index in [2.05, 4.69) is 129 Å². The van der Waals surface area contributed by atoms with E-state index in [4.69, 9.17) is 34.1 Å². The summed E-state index contributed by atoms with van der Waals surface area (Å²) in [6.07, 6.45) is 6.10. The van der Waals surface area contributed by atoms with Crippen LogP contribution in [-0.4, -0.2) is 97.4 Å². The van der Waals surface area contributed by atoms with Gasteiger partial charge in [0.05, 0.1) is 20.0 Å². The fourth-order valence-electron chi connectivity index (χ4n) is 10.9. The summed E-state index contributed by atoms with van der Waals surface area (Å²) in [7, 11) is -5.01. The number of benzene rings is 2. The second-order valence-corrected chi connectivity index (χ2v) is 52.4. The fraction of sp³-hybridized carbons (Fsp3) is 0.643. The van der Waals surface area contributed by atoms with Crippen molar-refractivity contribution in [3.05, 3.63) is 66.9 Å². The molecule has 4 aliphatic carbocycles. The Bertz CT molecular complexity index is 3120. The lowest BCUT2D eigenvalue weighted by atomic mass is 9.87. The van der Waals surface area contributed by atoms with Gasteiger partial charge in [-0.05, 0) is 129 Å². The molecule has 0 bridgehead atoms. The zero-order chi connectivity index (χ0) is 56.7. The van der Waals surface area contributed by atoms with Gasteiger partial charge in [0, 0.05) is 81.2 Å². The Hall–Kier alpha value is -2.81. The van der Waals surface area contributed by atoms with E-state index in [1.807, 2.05) is 13.9 Å². The molecule has 12 nitrogen and oxygen atoms in total. The van der Waals surface area contributed by atoms with Crippen molar-refractivity contribution in [2.75, 3.05) is 26.4 Å². The first-order valence-electron chi connectivity index (χ1n) is 27.9. The summed E-state index contributed by atoms with van der Waals surface area (Å²) in [4.78, 5) is 9.49. The molecule has 0 spiro atoms. The van der Waals surface area contributed by atoms with E-state index in [1.165, 1.54) is 30.3 Å². The number of ether oxygens (including phenoxy) is 4. The largest absolute Gasteiger partial charge is 0.361 e. The number of hydrogen-bond donors (Lipinski definition) is 0. The first-order valence-corrected chi connectivity index (χ1v) is 44.3. The molecule has 0 radical (unpaired) electrons. The van der Waals surface area contributed by atoms with Gasteiger partial charge in [0.2, 0.25) is 0 Å². The number of rotatable bonds is 22. The third-order valence-corrected chi connectivity index (χ3v) is 24.4. The summed E-state index contributed by atoms with van der Waals surface area (Å²) < 4.78 is 91.7. The van der Waals surface area contributed by atoms with Crippen LogP contribution in [0, 0.1) is 45.9 Å². The first-order chi connectivity index (χ1) is 36.3. The SMILES string of the molecule is C[C@@]12Cc3c(c(-c4nc5c(F)c(F)c(Br)cc5n4COCC[Si](C)(C)C)nn3COCC[Si](C)(C)C)C[C@@H]1C2.C[C@@]12Cc3c(c(-c4nc5cc(Br)c(F)c(F)c5n4COCC[Si](C)(C)C)nn3COCC[Si](C)(C)C)C[C@@H]1C2. The van der Waals surface area contributed by atoms with Gasteiger partial charge < -0.3 is 18.9 Å². The van der Waals surface area contributed by atoms with Crippen LogP contribution in [0.5, 0.6) is 0 Å². The standard InChI is InChI=1S/2C28H41BrF2N4O2Si2/c1-28-14-18(28)12-19-22(15-28)35(17-37-9-11-39(5,6)7)33-25(19)27-32-26-21(13-20(29)23(30)24(26)31)34(27)16-36-8-10-38(2,3)4;1-28-14-18(28)12-19-22(15-28)35(17-37-9-11-39(5,6)7)33-25(19)27-32-21-13-20(29)23(30)24(31)26(21)34(27)16-36-8-10-38(2,3)4/h2*13,18H,8-12,14-17H2,1-7H3/t2*18-,28-/m11/s1. The molecule has 78 heavy (non-hydrogen) atoms. The van der Waals surface area contributed by atoms with Crippen LogP contribution < -0.4 is 0 Å². The number of nitrogens with zero attached hydrogens (tertiary/aromatic N) is 8. The molecule has 2 aromatic carbocycles. The van der Waals surface area contributed by atoms with Gasteiger partial charge in [-0.2, -0.15) is 10.2 Å². The Kier molecular flexibility index (Phi) is 17.2. The molecule has 10 rings (SSSR count). The molecule has 4 aliphatic rings. The zero-order valence-corrected chi connectivity index (χ0v) is 55.7. The van der Waals surface area contributed by atoms with Crippen molar-refractivity contribution >= 4 is 86.2 Å². The van der Waals surface area contributed by atoms with Crippen LogP contribution in [0.15, 0.2) is 21.1 Å². The summed E-state index contributed by atoms with van der Waals surface area (Å²) >= 11 is 6.33. The lowest BCUT2D eigenvalue weighted by molar-refractivity contribution is 0.0755. The van der Waals surface area contributed by atoms with Gasteiger partial charge >= 0.3 is 0 Å². The lowest BCUT2D eigenvalue weighted by Gasteiger charge is -2.20. The van der Waals surface area contributed by atoms with Crippen molar-refractivity contribution in [2.45, 2.75) is 182 Å². The maximum atomic E-state index is 15.4. The second kappa shape index (κ2) is 22.4. The molecule has 0 unspecified atom stereocenters. The Morgan fingerprint density at radius 3 is 1.38 bits per heavy atom. The van der Waals surface area contributed by atoms with Gasteiger partial charge in [-0.25, -0.2) is 36.9 Å². The predicted molar refractivity (Wildman–Crippen MR) is 321 cm³/mol. The molecule has 428 valence electrons. The molecule has 0 saturated heterocycles. The van der Waals surface area contributed by atoms with Gasteiger partial charge in [0.15, 0.2) is 34.9 Å². The van der Waals surface area contributed by atoms with Gasteiger partial charge in [-0.15, -0.1) is 0 Å². The molecule has 0 aliphatic heterocycles. The van der Waals surface area contributed by atoms with Crippen molar-refractivity contribution < 1.29 is 36.5 Å². The summed E-state index contributed by atoms with van der Waals surface area (Å²) in [6, 6.07) is 7.31. The zero-order valence-electron chi connectivity index (χ0n) is 48.5. The van der Waals surface area contributed by atoms with Crippen LogP contribution in [0.25, 0.3) is 45.1 Å². The normalized spacial score (nSPS) is 20.9. The number of halogens is 6. The number of hydrogen-bond acceptors (Lipinski definition) is 8. The minimum Gasteiger partial charge on any atom is -0.361 e. The number of imidazole rings is 2. The van der Waals surface area contributed by atoms with Crippen LogP contribution in [0.2, 0.25) is 103 Å². The monoisotopic (exact) mass is 1280 g/mol. The molecule has 22 heteroatoms. The third kappa shape index (κ3) is 13.3. The van der Waals surface area contributed by atoms with E-state index in [1.54, 1.807) is 10.6 Å². The quantitative estimate of drug-likeness (QED) is 0.0286. The Balaban J connectivity index is 0.000000190. The average molecular weight is 1280 g/mol. The Labute approximate surface area is 479 Å². The van der Waals surface area contributed by atoms with Crippen LogP contribution in [-0.2, 0) is 71.6 Å². The molecule has 4 atom stereocenters. The highest BCUT2D eigenvalue weighted by molar-refractivity contribution is 9.10. The van der Waals surface area contributed by atoms with Crippen LogP contribution in [0.1, 0.15) is 49.2 Å². The van der Waals surface area contributed by atoms with Crippen LogP contribution in [0.3, 0.4) is 0 Å². The van der Waals surface area contributed by atoms with Gasteiger partial charge in [0.25, 0.3) is 0 Å². The lowest BCUT2D eigenvalue weighted by Crippen LogP contribution is -2.23. The van der Waals surface area contributed by atoms with Gasteiger partial charge in [-0.1, -0.05) is 92.4 Å². The molecule has 4 heterocycles. The van der Waals surface area contributed by atoms with E-state index in [0.29, 0.717) is 85.2 Å². The molecular formula is C56H82Br2F4N8O4Si4. The highest BCUT2D eigenvalue weighted by atomic mass is 79.9. The summed E-state index contributed by atoms with van der Waals surface area (Å²) in [5.41, 5.74) is 7.73. The van der Waals surface area contributed by atoms with Crippen molar-refractivity contribution in [1.82, 2.24) is 38.7 Å². The van der Waals surface area contributed by atoms with E-state index in [-0.39, 0.29) is 33.4 Å². The van der Waals surface area contributed by atoms with E-state index in [9.17, 15) is 8.78 Å². The fourth-order valence-corrected chi connectivity index (χ4v) is 14.7. The number of aromatic nitrogens is 8. The smallest absolute Gasteiger partial charge is 0.187 e. The van der Waals surface area contributed by atoms with E-state index >= 15 is 8.78 Å². The summed E-state index contributed by atoms with van der Waals surface area (Å²) in [5.74, 6) is -1.47. The van der Waals surface area contributed by atoms with Gasteiger partial charge in [0.1, 0.15) is 49.3 Å². The van der Waals surface area contributed by atoms with Crippen molar-refractivity contribution in [3.63, 3.8) is 0 Å². The van der Waals surface area contributed by atoms with Crippen molar-refractivity contribution in [3.8, 4) is 23.0 Å². The first kappa shape index (κ1) is 59.8. The predicted octanol–water partition coefficient (Wildman–Crippen LogP) is 15.4. The topological polar surface area (TPSA) is 108 Å². The summed E-state index contributed by atoms with van der Waals surface area (Å²) in [5, 5.41) is 10.0. The molecule has 2 fully saturated rings. The molecule has 2 saturated carbocycles. The van der Waals surface area contributed by atoms with E-state index in [0.717, 1.165) is 72.4 Å². The van der Waals surface area contributed by atoms with Crippen molar-refractivity contribution in [1.29, 1.82) is 0 Å². The molecule has 0 amide bonds. The second-order valence-electron chi connectivity index (χ2n) is 28.2. The molecule has 0 N–H and O–H groups in total. The van der Waals surface area contributed by atoms with Crippen molar-refractivity contribution in [2.24, 2.45) is 22.7 Å². The Morgan fingerprint density at radius 1 is 0.538 bits per heavy atom. The highest BCUT2D eigenvalue weighted by Crippen LogP contribution is 2.61. The average Bonchev–Trinajstić information content (AvgIpc) is 3.49. The molecule has 4 aromatic heterocycles.